The maximum atomic E-state index is 11.6. The zero-order chi connectivity index (χ0) is 11.4. The van der Waals surface area contributed by atoms with Crippen molar-refractivity contribution in [2.45, 2.75) is 38.4 Å². The van der Waals surface area contributed by atoms with Crippen molar-refractivity contribution < 1.29 is 4.79 Å². The van der Waals surface area contributed by atoms with Crippen molar-refractivity contribution in [2.24, 2.45) is 0 Å². The molecule has 1 fully saturated rings. The molecule has 0 aromatic carbocycles. The van der Waals surface area contributed by atoms with Gasteiger partial charge < -0.3 is 10.6 Å². The second kappa shape index (κ2) is 5.03. The summed E-state index contributed by atoms with van der Waals surface area (Å²) in [5.41, 5.74) is 0.841. The van der Waals surface area contributed by atoms with Gasteiger partial charge in [-0.15, -0.1) is 0 Å². The van der Waals surface area contributed by atoms with Crippen molar-refractivity contribution in [1.29, 1.82) is 0 Å². The third-order valence-electron chi connectivity index (χ3n) is 2.52. The number of hydrogen-bond donors (Lipinski definition) is 2. The van der Waals surface area contributed by atoms with Crippen molar-refractivity contribution in [3.63, 3.8) is 0 Å². The van der Waals surface area contributed by atoms with E-state index in [1.165, 1.54) is 0 Å². The van der Waals surface area contributed by atoms with Crippen LogP contribution in [0.3, 0.4) is 0 Å². The number of hydrogen-bond acceptors (Lipinski definition) is 4. The monoisotopic (exact) mass is 220 g/mol. The van der Waals surface area contributed by atoms with E-state index in [9.17, 15) is 4.79 Å². The number of nitrogens with one attached hydrogen (secondary N) is 2. The van der Waals surface area contributed by atoms with Crippen LogP contribution < -0.4 is 10.6 Å². The molecule has 0 radical (unpaired) electrons. The van der Waals surface area contributed by atoms with Crippen LogP contribution in [0.25, 0.3) is 0 Å². The van der Waals surface area contributed by atoms with Gasteiger partial charge in [-0.25, -0.2) is 0 Å². The minimum Gasteiger partial charge on any atom is -0.352 e. The normalized spacial score (nSPS) is 16.8. The van der Waals surface area contributed by atoms with Crippen LogP contribution in [0, 0.1) is 0 Å². The van der Waals surface area contributed by atoms with Crippen LogP contribution in [0.4, 0.5) is 0 Å². The molecule has 1 aliphatic carbocycles. The Hall–Kier alpha value is -1.49. The average molecular weight is 220 g/mol. The first-order valence-corrected chi connectivity index (χ1v) is 5.54. The van der Waals surface area contributed by atoms with Gasteiger partial charge in [0.1, 0.15) is 0 Å². The minimum absolute atomic E-state index is 0.0615. The second-order valence-electron chi connectivity index (χ2n) is 4.08. The van der Waals surface area contributed by atoms with Crippen molar-refractivity contribution in [2.75, 3.05) is 0 Å². The van der Waals surface area contributed by atoms with Crippen molar-refractivity contribution in [3.8, 4) is 0 Å². The molecule has 1 aromatic rings. The fraction of sp³-hybridized carbons (Fsp3) is 0.545. The Labute approximate surface area is 94.7 Å². The Morgan fingerprint density at radius 1 is 1.56 bits per heavy atom. The summed E-state index contributed by atoms with van der Waals surface area (Å²) >= 11 is 0. The lowest BCUT2D eigenvalue weighted by molar-refractivity contribution is -0.122. The molecule has 0 spiro atoms. The van der Waals surface area contributed by atoms with Crippen molar-refractivity contribution >= 4 is 5.91 Å². The smallest absolute Gasteiger partial charge is 0.237 e. The molecular weight excluding hydrogens is 204 g/mol. The molecule has 1 atom stereocenters. The van der Waals surface area contributed by atoms with Gasteiger partial charge in [0, 0.05) is 31.2 Å². The quantitative estimate of drug-likeness (QED) is 0.745. The van der Waals surface area contributed by atoms with E-state index in [0.29, 0.717) is 12.6 Å². The van der Waals surface area contributed by atoms with E-state index in [2.05, 4.69) is 20.6 Å². The van der Waals surface area contributed by atoms with Crippen LogP contribution in [0.2, 0.25) is 0 Å². The lowest BCUT2D eigenvalue weighted by atomic mass is 10.3. The lowest BCUT2D eigenvalue weighted by Gasteiger charge is -2.13. The van der Waals surface area contributed by atoms with E-state index < -0.39 is 0 Å². The van der Waals surface area contributed by atoms with Crippen molar-refractivity contribution in [3.05, 3.63) is 24.3 Å². The summed E-state index contributed by atoms with van der Waals surface area (Å²) < 4.78 is 0. The average Bonchev–Trinajstić information content (AvgIpc) is 3.11. The largest absolute Gasteiger partial charge is 0.352 e. The van der Waals surface area contributed by atoms with Crippen LogP contribution >= 0.6 is 0 Å². The molecule has 0 saturated heterocycles. The molecule has 1 saturated carbocycles. The molecule has 0 aliphatic heterocycles. The number of carbonyl (C=O) groups excluding carboxylic acids is 1. The number of rotatable bonds is 5. The first-order valence-electron chi connectivity index (χ1n) is 5.54. The molecule has 0 bridgehead atoms. The molecule has 5 heteroatoms. The van der Waals surface area contributed by atoms with Gasteiger partial charge in [0.05, 0.1) is 11.7 Å². The van der Waals surface area contributed by atoms with Crippen LogP contribution in [0.5, 0.6) is 0 Å². The van der Waals surface area contributed by atoms with Crippen LogP contribution in [-0.4, -0.2) is 28.0 Å². The third-order valence-corrected chi connectivity index (χ3v) is 2.52. The number of nitrogens with zero attached hydrogens (tertiary/aromatic N) is 2. The topological polar surface area (TPSA) is 66.9 Å². The molecule has 1 heterocycles. The molecule has 1 aliphatic rings. The first kappa shape index (κ1) is 11.0. The minimum atomic E-state index is -0.192. The predicted molar refractivity (Wildman–Crippen MR) is 59.5 cm³/mol. The Kier molecular flexibility index (Phi) is 3.46. The molecule has 1 aromatic heterocycles. The van der Waals surface area contributed by atoms with Gasteiger partial charge >= 0.3 is 0 Å². The highest BCUT2D eigenvalue weighted by Gasteiger charge is 2.25. The van der Waals surface area contributed by atoms with Crippen LogP contribution in [0.1, 0.15) is 25.5 Å². The van der Waals surface area contributed by atoms with Gasteiger partial charge in [0.2, 0.25) is 5.91 Å². The zero-order valence-corrected chi connectivity index (χ0v) is 9.31. The van der Waals surface area contributed by atoms with Crippen LogP contribution in [0.15, 0.2) is 18.6 Å². The highest BCUT2D eigenvalue weighted by molar-refractivity contribution is 5.81. The highest BCUT2D eigenvalue weighted by atomic mass is 16.2. The van der Waals surface area contributed by atoms with E-state index in [4.69, 9.17) is 0 Å². The number of carbonyl (C=O) groups is 1. The SMILES string of the molecule is CC(NCc1cnccn1)C(=O)NC1CC1. The number of amides is 1. The van der Waals surface area contributed by atoms with Gasteiger partial charge in [-0.2, -0.15) is 0 Å². The van der Waals surface area contributed by atoms with Gasteiger partial charge in [0.25, 0.3) is 0 Å². The summed E-state index contributed by atoms with van der Waals surface area (Å²) in [5.74, 6) is 0.0615. The third kappa shape index (κ3) is 3.27. The standard InChI is InChI=1S/C11H16N4O/c1-8(11(16)15-9-2-3-9)14-7-10-6-12-4-5-13-10/h4-6,8-9,14H,2-3,7H2,1H3,(H,15,16). The Morgan fingerprint density at radius 3 is 3.00 bits per heavy atom. The molecule has 5 nitrogen and oxygen atoms in total. The van der Waals surface area contributed by atoms with E-state index >= 15 is 0 Å². The Balaban J connectivity index is 1.74. The fourth-order valence-corrected chi connectivity index (χ4v) is 1.33. The molecule has 86 valence electrons. The first-order chi connectivity index (χ1) is 7.75. The van der Waals surface area contributed by atoms with E-state index in [1.54, 1.807) is 18.6 Å². The van der Waals surface area contributed by atoms with E-state index in [1.807, 2.05) is 6.92 Å². The summed E-state index contributed by atoms with van der Waals surface area (Å²) in [4.78, 5) is 19.7. The Bertz CT molecular complexity index is 350. The fourth-order valence-electron chi connectivity index (χ4n) is 1.33. The maximum Gasteiger partial charge on any atom is 0.237 e. The van der Waals surface area contributed by atoms with Gasteiger partial charge in [-0.1, -0.05) is 0 Å². The summed E-state index contributed by atoms with van der Waals surface area (Å²) in [6, 6.07) is 0.218. The van der Waals surface area contributed by atoms with Crippen LogP contribution in [-0.2, 0) is 11.3 Å². The summed E-state index contributed by atoms with van der Waals surface area (Å²) in [5, 5.41) is 6.07. The molecular formula is C11H16N4O. The van der Waals surface area contributed by atoms with Crippen molar-refractivity contribution in [1.82, 2.24) is 20.6 Å². The summed E-state index contributed by atoms with van der Waals surface area (Å²) in [6.07, 6.45) is 7.20. The second-order valence-corrected chi connectivity index (χ2v) is 4.08. The maximum absolute atomic E-state index is 11.6. The molecule has 2 N–H and O–H groups in total. The molecule has 2 rings (SSSR count). The van der Waals surface area contributed by atoms with E-state index in [0.717, 1.165) is 18.5 Å². The lowest BCUT2D eigenvalue weighted by Crippen LogP contribution is -2.42. The summed E-state index contributed by atoms with van der Waals surface area (Å²) in [6.45, 7) is 2.42. The van der Waals surface area contributed by atoms with Gasteiger partial charge in [-0.05, 0) is 19.8 Å². The van der Waals surface area contributed by atoms with Gasteiger partial charge in [0.15, 0.2) is 0 Å². The molecule has 1 amide bonds. The summed E-state index contributed by atoms with van der Waals surface area (Å²) in [7, 11) is 0. The van der Waals surface area contributed by atoms with E-state index in [-0.39, 0.29) is 11.9 Å². The zero-order valence-electron chi connectivity index (χ0n) is 9.31. The highest BCUT2D eigenvalue weighted by Crippen LogP contribution is 2.18. The molecule has 16 heavy (non-hydrogen) atoms. The predicted octanol–water partition coefficient (Wildman–Crippen LogP) is 0.233. The van der Waals surface area contributed by atoms with Gasteiger partial charge in [-0.3, -0.25) is 14.8 Å². The Morgan fingerprint density at radius 2 is 2.38 bits per heavy atom. The number of aromatic nitrogens is 2. The molecule has 1 unspecified atom stereocenters.